The lowest BCUT2D eigenvalue weighted by Gasteiger charge is -2.36. The molecule has 0 radical (unpaired) electrons. The van der Waals surface area contributed by atoms with E-state index >= 15 is 0 Å². The van der Waals surface area contributed by atoms with E-state index in [2.05, 4.69) is 0 Å². The number of hydrogen-bond donors (Lipinski definition) is 0. The Hall–Kier alpha value is -2.15. The van der Waals surface area contributed by atoms with Gasteiger partial charge in [-0.15, -0.1) is 0 Å². The van der Waals surface area contributed by atoms with Crippen LogP contribution in [0.1, 0.15) is 25.7 Å². The molecule has 0 bridgehead atoms. The summed E-state index contributed by atoms with van der Waals surface area (Å²) in [5, 5.41) is 0. The van der Waals surface area contributed by atoms with Crippen LogP contribution in [0.5, 0.6) is 0 Å². The molecule has 0 aliphatic carbocycles. The van der Waals surface area contributed by atoms with Gasteiger partial charge >= 0.3 is 0 Å². The van der Waals surface area contributed by atoms with Crippen molar-refractivity contribution in [3.05, 3.63) is 30.1 Å². The van der Waals surface area contributed by atoms with Gasteiger partial charge in [-0.05, 0) is 25.0 Å². The Morgan fingerprint density at radius 3 is 1.96 bits per heavy atom. The van der Waals surface area contributed by atoms with Crippen molar-refractivity contribution >= 4 is 17.5 Å². The maximum Gasteiger partial charge on any atom is 0.248 e. The van der Waals surface area contributed by atoms with E-state index in [4.69, 9.17) is 4.74 Å². The summed E-state index contributed by atoms with van der Waals surface area (Å²) in [5.74, 6) is -0.395. The lowest BCUT2D eigenvalue weighted by Crippen LogP contribution is -2.50. The summed E-state index contributed by atoms with van der Waals surface area (Å²) in [7, 11) is 0. The maximum atomic E-state index is 13.9. The molecular weight excluding hydrogens is 349 g/mol. The molecule has 2 fully saturated rings. The molecule has 27 heavy (non-hydrogen) atoms. The standard InChI is InChI=1S/C20H28FN3O3/c21-17-7-3-4-8-18(17)22-11-13-24(14-12-22)20(26)16-27-15-19(25)23-9-5-1-2-6-10-23/h3-4,7-8H,1-2,5-6,9-16H2. The molecule has 0 spiro atoms. The Balaban J connectivity index is 1.38. The molecule has 7 heteroatoms. The van der Waals surface area contributed by atoms with Crippen molar-refractivity contribution < 1.29 is 18.7 Å². The maximum absolute atomic E-state index is 13.9. The molecule has 2 amide bonds. The summed E-state index contributed by atoms with van der Waals surface area (Å²) in [4.78, 5) is 30.0. The number of ether oxygens (including phenoxy) is 1. The number of benzene rings is 1. The number of hydrogen-bond acceptors (Lipinski definition) is 4. The Morgan fingerprint density at radius 2 is 1.37 bits per heavy atom. The predicted octanol–water partition coefficient (Wildman–Crippen LogP) is 1.89. The largest absolute Gasteiger partial charge is 0.366 e. The first-order valence-corrected chi connectivity index (χ1v) is 9.78. The van der Waals surface area contributed by atoms with Gasteiger partial charge in [0.05, 0.1) is 5.69 Å². The highest BCUT2D eigenvalue weighted by Gasteiger charge is 2.23. The Kier molecular flexibility index (Phi) is 7.04. The summed E-state index contributed by atoms with van der Waals surface area (Å²) in [6, 6.07) is 6.68. The molecule has 0 atom stereocenters. The van der Waals surface area contributed by atoms with Crippen molar-refractivity contribution in [2.75, 3.05) is 57.4 Å². The van der Waals surface area contributed by atoms with Crippen LogP contribution < -0.4 is 4.90 Å². The SMILES string of the molecule is O=C(COCC(=O)N1CCN(c2ccccc2F)CC1)N1CCCCCC1. The lowest BCUT2D eigenvalue weighted by atomic mass is 10.2. The number of rotatable bonds is 5. The molecule has 1 aromatic rings. The molecule has 0 N–H and O–H groups in total. The molecule has 2 aliphatic rings. The number of amides is 2. The summed E-state index contributed by atoms with van der Waals surface area (Å²) >= 11 is 0. The minimum atomic E-state index is -0.243. The summed E-state index contributed by atoms with van der Waals surface area (Å²) < 4.78 is 19.3. The molecule has 148 valence electrons. The second-order valence-electron chi connectivity index (χ2n) is 7.11. The molecule has 0 unspecified atom stereocenters. The van der Waals surface area contributed by atoms with Crippen LogP contribution in [0.15, 0.2) is 24.3 Å². The summed E-state index contributed by atoms with van der Waals surface area (Å²) in [5.41, 5.74) is 0.573. The van der Waals surface area contributed by atoms with Crippen molar-refractivity contribution in [1.82, 2.24) is 9.80 Å². The molecule has 2 saturated heterocycles. The number of nitrogens with zero attached hydrogens (tertiary/aromatic N) is 3. The third kappa shape index (κ3) is 5.42. The first-order valence-electron chi connectivity index (χ1n) is 9.78. The van der Waals surface area contributed by atoms with E-state index in [-0.39, 0.29) is 30.8 Å². The highest BCUT2D eigenvalue weighted by Crippen LogP contribution is 2.20. The molecule has 3 rings (SSSR count). The van der Waals surface area contributed by atoms with Gasteiger partial charge in [-0.3, -0.25) is 9.59 Å². The van der Waals surface area contributed by atoms with Crippen LogP contribution in [-0.2, 0) is 14.3 Å². The van der Waals surface area contributed by atoms with Crippen LogP contribution in [0.4, 0.5) is 10.1 Å². The van der Waals surface area contributed by atoms with Gasteiger partial charge < -0.3 is 19.4 Å². The smallest absolute Gasteiger partial charge is 0.248 e. The first-order chi connectivity index (χ1) is 13.1. The predicted molar refractivity (Wildman–Crippen MR) is 101 cm³/mol. The van der Waals surface area contributed by atoms with Gasteiger partial charge in [0.15, 0.2) is 0 Å². The quantitative estimate of drug-likeness (QED) is 0.786. The number of para-hydroxylation sites is 1. The van der Waals surface area contributed by atoms with E-state index in [0.29, 0.717) is 31.9 Å². The Bertz CT molecular complexity index is 639. The molecular formula is C20H28FN3O3. The average molecular weight is 377 g/mol. The van der Waals surface area contributed by atoms with Crippen molar-refractivity contribution in [2.45, 2.75) is 25.7 Å². The van der Waals surface area contributed by atoms with Crippen LogP contribution in [0.2, 0.25) is 0 Å². The zero-order valence-electron chi connectivity index (χ0n) is 15.7. The van der Waals surface area contributed by atoms with E-state index in [1.54, 1.807) is 17.0 Å². The molecule has 0 aromatic heterocycles. The molecule has 0 saturated carbocycles. The van der Waals surface area contributed by atoms with Crippen molar-refractivity contribution in [1.29, 1.82) is 0 Å². The highest BCUT2D eigenvalue weighted by atomic mass is 19.1. The number of carbonyl (C=O) groups excluding carboxylic acids is 2. The zero-order valence-corrected chi connectivity index (χ0v) is 15.7. The van der Waals surface area contributed by atoms with Gasteiger partial charge in [0.25, 0.3) is 0 Å². The third-order valence-corrected chi connectivity index (χ3v) is 5.24. The second kappa shape index (κ2) is 9.69. The molecule has 1 aromatic carbocycles. The van der Waals surface area contributed by atoms with Gasteiger partial charge in [-0.1, -0.05) is 25.0 Å². The fraction of sp³-hybridized carbons (Fsp3) is 0.600. The minimum absolute atomic E-state index is 0.0333. The Morgan fingerprint density at radius 1 is 0.815 bits per heavy atom. The summed E-state index contributed by atoms with van der Waals surface area (Å²) in [6.45, 7) is 3.66. The second-order valence-corrected chi connectivity index (χ2v) is 7.11. The number of anilines is 1. The topological polar surface area (TPSA) is 53.1 Å². The normalized spacial score (nSPS) is 18.3. The monoisotopic (exact) mass is 377 g/mol. The van der Waals surface area contributed by atoms with Gasteiger partial charge in [-0.25, -0.2) is 4.39 Å². The van der Waals surface area contributed by atoms with Crippen molar-refractivity contribution in [2.24, 2.45) is 0 Å². The van der Waals surface area contributed by atoms with Gasteiger partial charge in [0.1, 0.15) is 19.0 Å². The fourth-order valence-corrected chi connectivity index (χ4v) is 3.63. The first kappa shape index (κ1) is 19.6. The minimum Gasteiger partial charge on any atom is -0.366 e. The van der Waals surface area contributed by atoms with Crippen LogP contribution in [-0.4, -0.2) is 74.1 Å². The third-order valence-electron chi connectivity index (χ3n) is 5.24. The van der Waals surface area contributed by atoms with Gasteiger partial charge in [0.2, 0.25) is 11.8 Å². The molecule has 2 aliphatic heterocycles. The van der Waals surface area contributed by atoms with Crippen LogP contribution in [0.25, 0.3) is 0 Å². The Labute approximate surface area is 159 Å². The van der Waals surface area contributed by atoms with Crippen LogP contribution in [0, 0.1) is 5.82 Å². The van der Waals surface area contributed by atoms with Gasteiger partial charge in [-0.2, -0.15) is 0 Å². The lowest BCUT2D eigenvalue weighted by molar-refractivity contribution is -0.142. The summed E-state index contributed by atoms with van der Waals surface area (Å²) in [6.07, 6.45) is 4.41. The number of piperazine rings is 1. The zero-order chi connectivity index (χ0) is 19.1. The number of halogens is 1. The van der Waals surface area contributed by atoms with Crippen LogP contribution >= 0.6 is 0 Å². The molecule has 2 heterocycles. The van der Waals surface area contributed by atoms with Crippen LogP contribution in [0.3, 0.4) is 0 Å². The number of carbonyl (C=O) groups is 2. The van der Waals surface area contributed by atoms with E-state index in [9.17, 15) is 14.0 Å². The van der Waals surface area contributed by atoms with E-state index in [1.807, 2.05) is 15.9 Å². The van der Waals surface area contributed by atoms with E-state index < -0.39 is 0 Å². The average Bonchev–Trinajstić information content (AvgIpc) is 2.98. The van der Waals surface area contributed by atoms with Crippen molar-refractivity contribution in [3.8, 4) is 0 Å². The number of likely N-dealkylation sites (tertiary alicyclic amines) is 1. The van der Waals surface area contributed by atoms with E-state index in [1.165, 1.54) is 18.9 Å². The highest BCUT2D eigenvalue weighted by molar-refractivity contribution is 5.80. The van der Waals surface area contributed by atoms with E-state index in [0.717, 1.165) is 25.9 Å². The molecule has 6 nitrogen and oxygen atoms in total. The fourth-order valence-electron chi connectivity index (χ4n) is 3.63. The van der Waals surface area contributed by atoms with Gasteiger partial charge in [0, 0.05) is 39.3 Å². The van der Waals surface area contributed by atoms with Crippen molar-refractivity contribution in [3.63, 3.8) is 0 Å².